The number of benzene rings is 2. The van der Waals surface area contributed by atoms with Crippen molar-refractivity contribution < 1.29 is 5.11 Å². The fourth-order valence-electron chi connectivity index (χ4n) is 2.84. The van der Waals surface area contributed by atoms with E-state index < -0.39 is 0 Å². The molecule has 0 aliphatic rings. The number of aliphatic hydroxyl groups excluding tert-OH is 1. The molecule has 2 heterocycles. The first-order chi connectivity index (χ1) is 14.2. The molecule has 0 radical (unpaired) electrons. The summed E-state index contributed by atoms with van der Waals surface area (Å²) in [5.74, 6) is 0. The van der Waals surface area contributed by atoms with E-state index in [0.717, 1.165) is 32.4 Å². The van der Waals surface area contributed by atoms with Gasteiger partial charge in [0.1, 0.15) is 0 Å². The minimum absolute atomic E-state index is 0.140. The molecule has 4 nitrogen and oxygen atoms in total. The summed E-state index contributed by atoms with van der Waals surface area (Å²) >= 11 is 10.6. The normalized spacial score (nSPS) is 10.4. The zero-order valence-electron chi connectivity index (χ0n) is 15.8. The molecule has 0 saturated carbocycles. The van der Waals surface area contributed by atoms with E-state index in [1.54, 1.807) is 18.6 Å². The van der Waals surface area contributed by atoms with Crippen LogP contribution in [0.2, 0.25) is 5.02 Å². The molecule has 6 heteroatoms. The van der Waals surface area contributed by atoms with Crippen LogP contribution < -0.4 is 5.32 Å². The van der Waals surface area contributed by atoms with Crippen molar-refractivity contribution >= 4 is 35.0 Å². The summed E-state index contributed by atoms with van der Waals surface area (Å²) < 4.78 is 0. The van der Waals surface area contributed by atoms with E-state index in [0.29, 0.717) is 18.1 Å². The number of pyridine rings is 2. The lowest BCUT2D eigenvalue weighted by Gasteiger charge is -2.08. The molecule has 0 atom stereocenters. The van der Waals surface area contributed by atoms with Crippen molar-refractivity contribution in [3.05, 3.63) is 90.0 Å². The number of nitrogens with one attached hydrogen (secondary N) is 1. The molecule has 2 N–H and O–H groups in total. The molecule has 0 bridgehead atoms. The molecule has 0 spiro atoms. The highest BCUT2D eigenvalue weighted by atomic mass is 35.5. The number of thiol groups is 1. The maximum Gasteiger partial charge on any atom is 0.0556 e. The van der Waals surface area contributed by atoms with Crippen LogP contribution in [0, 0.1) is 0 Å². The smallest absolute Gasteiger partial charge is 0.0556 e. The highest BCUT2D eigenvalue weighted by molar-refractivity contribution is 7.80. The fourth-order valence-corrected chi connectivity index (χ4v) is 3.44. The lowest BCUT2D eigenvalue weighted by Crippen LogP contribution is -2.17. The summed E-state index contributed by atoms with van der Waals surface area (Å²) in [6.45, 7) is 1.43. The third-order valence-corrected chi connectivity index (χ3v) is 4.98. The molecule has 2 aromatic heterocycles. The van der Waals surface area contributed by atoms with Gasteiger partial charge in [0.05, 0.1) is 6.61 Å². The summed E-state index contributed by atoms with van der Waals surface area (Å²) in [6, 6.07) is 17.8. The van der Waals surface area contributed by atoms with Crippen molar-refractivity contribution in [1.82, 2.24) is 15.3 Å². The SMILES string of the molecule is OCCNCc1ccc(-c2cccnc2)c(Cl)c1.Sc1cccc2cnccc12. The van der Waals surface area contributed by atoms with Crippen LogP contribution in [-0.2, 0) is 6.54 Å². The lowest BCUT2D eigenvalue weighted by molar-refractivity contribution is 0.292. The van der Waals surface area contributed by atoms with E-state index in [1.165, 1.54) is 0 Å². The molecule has 0 saturated heterocycles. The molecule has 148 valence electrons. The van der Waals surface area contributed by atoms with Crippen molar-refractivity contribution in [2.24, 2.45) is 0 Å². The third kappa shape index (κ3) is 6.02. The topological polar surface area (TPSA) is 58.0 Å². The fraction of sp³-hybridized carbons (Fsp3) is 0.130. The van der Waals surface area contributed by atoms with Crippen molar-refractivity contribution in [3.8, 4) is 11.1 Å². The minimum Gasteiger partial charge on any atom is -0.395 e. The van der Waals surface area contributed by atoms with Gasteiger partial charge in [-0.05, 0) is 35.2 Å². The highest BCUT2D eigenvalue weighted by Gasteiger charge is 2.04. The predicted molar refractivity (Wildman–Crippen MR) is 122 cm³/mol. The molecule has 4 rings (SSSR count). The molecule has 29 heavy (non-hydrogen) atoms. The number of aliphatic hydroxyl groups is 1. The Hall–Kier alpha value is -2.44. The van der Waals surface area contributed by atoms with E-state index in [4.69, 9.17) is 16.7 Å². The monoisotopic (exact) mass is 423 g/mol. The van der Waals surface area contributed by atoms with Crippen molar-refractivity contribution in [2.45, 2.75) is 11.4 Å². The Kier molecular flexibility index (Phi) is 8.02. The van der Waals surface area contributed by atoms with Gasteiger partial charge in [0.2, 0.25) is 0 Å². The first kappa shape index (κ1) is 21.3. The molecule has 0 aliphatic carbocycles. The number of aromatic nitrogens is 2. The zero-order chi connectivity index (χ0) is 20.5. The second-order valence-electron chi connectivity index (χ2n) is 6.33. The van der Waals surface area contributed by atoms with Crippen LogP contribution in [0.15, 0.2) is 84.3 Å². The standard InChI is InChI=1S/C14H15ClN2O.C9H7NS/c15-14-8-11(9-17-6-7-18)3-4-13(14)12-2-1-5-16-10-12;11-9-3-1-2-7-6-10-5-4-8(7)9/h1-5,8,10,17-18H,6-7,9H2;1-6,11H. The molecule has 2 aromatic carbocycles. The van der Waals surface area contributed by atoms with Crippen molar-refractivity contribution in [3.63, 3.8) is 0 Å². The van der Waals surface area contributed by atoms with Crippen LogP contribution in [0.4, 0.5) is 0 Å². The van der Waals surface area contributed by atoms with Crippen LogP contribution in [0.1, 0.15) is 5.56 Å². The van der Waals surface area contributed by atoms with Crippen LogP contribution in [0.25, 0.3) is 21.9 Å². The largest absolute Gasteiger partial charge is 0.395 e. The summed E-state index contributed by atoms with van der Waals surface area (Å²) in [5, 5.41) is 14.8. The van der Waals surface area contributed by atoms with E-state index >= 15 is 0 Å². The van der Waals surface area contributed by atoms with E-state index in [-0.39, 0.29) is 6.61 Å². The Morgan fingerprint density at radius 3 is 2.55 bits per heavy atom. The van der Waals surface area contributed by atoms with Crippen LogP contribution in [0.3, 0.4) is 0 Å². The summed E-state index contributed by atoms with van der Waals surface area (Å²) in [7, 11) is 0. The molecule has 4 aromatic rings. The average Bonchev–Trinajstić information content (AvgIpc) is 2.76. The Morgan fingerprint density at radius 1 is 0.966 bits per heavy atom. The highest BCUT2D eigenvalue weighted by Crippen LogP contribution is 2.28. The van der Waals surface area contributed by atoms with Crippen molar-refractivity contribution in [1.29, 1.82) is 0 Å². The van der Waals surface area contributed by atoms with Gasteiger partial charge in [-0.3, -0.25) is 9.97 Å². The summed E-state index contributed by atoms with van der Waals surface area (Å²) in [6.07, 6.45) is 7.16. The van der Waals surface area contributed by atoms with Gasteiger partial charge in [-0.15, -0.1) is 12.6 Å². The summed E-state index contributed by atoms with van der Waals surface area (Å²) in [4.78, 5) is 9.11. The van der Waals surface area contributed by atoms with E-state index in [9.17, 15) is 0 Å². The maximum atomic E-state index is 8.70. The van der Waals surface area contributed by atoms with Crippen LogP contribution >= 0.6 is 24.2 Å². The Labute approximate surface area is 181 Å². The van der Waals surface area contributed by atoms with Crippen molar-refractivity contribution in [2.75, 3.05) is 13.2 Å². The second kappa shape index (κ2) is 10.9. The Balaban J connectivity index is 0.000000186. The maximum absolute atomic E-state index is 8.70. The average molecular weight is 424 g/mol. The molecule has 0 aliphatic heterocycles. The third-order valence-electron chi connectivity index (χ3n) is 4.28. The van der Waals surface area contributed by atoms with E-state index in [1.807, 2.05) is 60.8 Å². The van der Waals surface area contributed by atoms with Gasteiger partial charge in [-0.1, -0.05) is 41.9 Å². The second-order valence-corrected chi connectivity index (χ2v) is 7.22. The van der Waals surface area contributed by atoms with E-state index in [2.05, 4.69) is 27.9 Å². The number of halogens is 1. The number of rotatable bonds is 5. The van der Waals surface area contributed by atoms with Gasteiger partial charge < -0.3 is 10.4 Å². The Morgan fingerprint density at radius 2 is 1.83 bits per heavy atom. The van der Waals surface area contributed by atoms with Gasteiger partial charge in [0.25, 0.3) is 0 Å². The number of hydrogen-bond acceptors (Lipinski definition) is 5. The zero-order valence-corrected chi connectivity index (χ0v) is 17.4. The molecular weight excluding hydrogens is 402 g/mol. The van der Waals surface area contributed by atoms with Gasteiger partial charge >= 0.3 is 0 Å². The van der Waals surface area contributed by atoms with Gasteiger partial charge in [-0.2, -0.15) is 0 Å². The first-order valence-electron chi connectivity index (χ1n) is 9.21. The number of fused-ring (bicyclic) bond motifs is 1. The minimum atomic E-state index is 0.140. The Bertz CT molecular complexity index is 1050. The predicted octanol–water partition coefficient (Wildman–Crippen LogP) is 5.01. The lowest BCUT2D eigenvalue weighted by atomic mass is 10.1. The van der Waals surface area contributed by atoms with Gasteiger partial charge in [0, 0.05) is 64.3 Å². The first-order valence-corrected chi connectivity index (χ1v) is 10.0. The number of hydrogen-bond donors (Lipinski definition) is 3. The van der Waals surface area contributed by atoms with Crippen LogP contribution in [-0.4, -0.2) is 28.2 Å². The molecule has 0 unspecified atom stereocenters. The molecule has 0 fully saturated rings. The molecular formula is C23H22ClN3OS. The summed E-state index contributed by atoms with van der Waals surface area (Å²) in [5.41, 5.74) is 3.09. The van der Waals surface area contributed by atoms with Crippen LogP contribution in [0.5, 0.6) is 0 Å². The quantitative estimate of drug-likeness (QED) is 0.312. The molecule has 0 amide bonds. The van der Waals surface area contributed by atoms with Gasteiger partial charge in [0.15, 0.2) is 0 Å². The number of nitrogens with zero attached hydrogens (tertiary/aromatic N) is 2. The van der Waals surface area contributed by atoms with Gasteiger partial charge in [-0.25, -0.2) is 0 Å².